The summed E-state index contributed by atoms with van der Waals surface area (Å²) in [6.07, 6.45) is 2.40. The molecule has 0 bridgehead atoms. The minimum atomic E-state index is 0.00637. The van der Waals surface area contributed by atoms with Crippen molar-refractivity contribution in [1.82, 2.24) is 0 Å². The molecule has 0 aliphatic carbocycles. The molecule has 0 atom stereocenters. The molecule has 1 radical (unpaired) electrons. The summed E-state index contributed by atoms with van der Waals surface area (Å²) in [6, 6.07) is 0. The van der Waals surface area contributed by atoms with Gasteiger partial charge in [0, 0.05) is 0 Å². The summed E-state index contributed by atoms with van der Waals surface area (Å²) in [6.45, 7) is 8.27. The summed E-state index contributed by atoms with van der Waals surface area (Å²) in [4.78, 5) is 9.74. The lowest BCUT2D eigenvalue weighted by Crippen LogP contribution is -2.15. The molecular formula is C9H18N3O2. The Kier molecular flexibility index (Phi) is 6.53. The van der Waals surface area contributed by atoms with Crippen LogP contribution in [-0.2, 0) is 9.68 Å². The lowest BCUT2D eigenvalue weighted by Gasteiger charge is -2.02. The van der Waals surface area contributed by atoms with E-state index in [4.69, 9.17) is 15.4 Å². The average Bonchev–Trinajstić information content (AvgIpc) is 2.02. The van der Waals surface area contributed by atoms with E-state index < -0.39 is 0 Å². The minimum absolute atomic E-state index is 0.00637. The van der Waals surface area contributed by atoms with Crippen molar-refractivity contribution in [2.24, 2.45) is 22.0 Å². The smallest absolute Gasteiger partial charge is 0.194 e. The Morgan fingerprint density at radius 1 is 1.36 bits per heavy atom. The fourth-order valence-corrected chi connectivity index (χ4v) is 0.455. The predicted molar refractivity (Wildman–Crippen MR) is 56.1 cm³/mol. The van der Waals surface area contributed by atoms with Crippen molar-refractivity contribution >= 4 is 12.1 Å². The zero-order valence-corrected chi connectivity index (χ0v) is 9.15. The highest BCUT2D eigenvalue weighted by Crippen LogP contribution is 1.92. The molecule has 0 unspecified atom stereocenters. The molecule has 0 rings (SSSR count). The first-order valence-corrected chi connectivity index (χ1v) is 4.59. The second-order valence-corrected chi connectivity index (χ2v) is 3.52. The van der Waals surface area contributed by atoms with Crippen LogP contribution in [0.5, 0.6) is 0 Å². The highest BCUT2D eigenvalue weighted by Gasteiger charge is 1.94. The van der Waals surface area contributed by atoms with Crippen LogP contribution < -0.4 is 5.73 Å². The molecule has 0 heterocycles. The van der Waals surface area contributed by atoms with Crippen LogP contribution in [0.2, 0.25) is 0 Å². The maximum Gasteiger partial charge on any atom is 0.194 e. The molecule has 0 amide bonds. The number of hydrogen-bond donors (Lipinski definition) is 1. The molecule has 0 fully saturated rings. The van der Waals surface area contributed by atoms with E-state index in [0.717, 1.165) is 0 Å². The number of nitrogens with zero attached hydrogens (tertiary/aromatic N) is 2. The predicted octanol–water partition coefficient (Wildman–Crippen LogP) is 1.22. The summed E-state index contributed by atoms with van der Waals surface area (Å²) in [5, 5.41) is 7.05. The van der Waals surface area contributed by atoms with Crippen LogP contribution >= 0.6 is 0 Å². The third kappa shape index (κ3) is 8.83. The molecule has 5 heteroatoms. The van der Waals surface area contributed by atoms with Gasteiger partial charge in [-0.15, -0.1) is 0 Å². The van der Waals surface area contributed by atoms with E-state index >= 15 is 0 Å². The van der Waals surface area contributed by atoms with Crippen LogP contribution in [0.1, 0.15) is 27.7 Å². The summed E-state index contributed by atoms with van der Waals surface area (Å²) in [5.74, 6) is 0.488. The van der Waals surface area contributed by atoms with E-state index in [1.54, 1.807) is 0 Å². The van der Waals surface area contributed by atoms with Crippen molar-refractivity contribution in [2.45, 2.75) is 33.8 Å². The second kappa shape index (κ2) is 7.17. The van der Waals surface area contributed by atoms with E-state index in [1.165, 1.54) is 0 Å². The molecule has 81 valence electrons. The normalized spacial score (nSPS) is 12.9. The Labute approximate surface area is 84.9 Å². The molecule has 0 spiro atoms. The summed E-state index contributed by atoms with van der Waals surface area (Å²) >= 11 is 0. The first kappa shape index (κ1) is 12.7. The highest BCUT2D eigenvalue weighted by molar-refractivity contribution is 6.28. The van der Waals surface area contributed by atoms with Crippen LogP contribution in [0.4, 0.5) is 0 Å². The number of hydrogen-bond acceptors (Lipinski definition) is 4. The molecule has 0 saturated carbocycles. The van der Waals surface area contributed by atoms with E-state index in [9.17, 15) is 0 Å². The van der Waals surface area contributed by atoms with Crippen LogP contribution in [0.15, 0.2) is 10.3 Å². The Bertz CT molecular complexity index is 200. The van der Waals surface area contributed by atoms with Gasteiger partial charge in [0.15, 0.2) is 12.1 Å². The summed E-state index contributed by atoms with van der Waals surface area (Å²) in [5.41, 5.74) is 5.39. The first-order valence-electron chi connectivity index (χ1n) is 4.59. The SMILES string of the molecule is CC(C)CON=C(N)[C]=NOC(C)C. The van der Waals surface area contributed by atoms with Gasteiger partial charge in [0.05, 0.1) is 0 Å². The Morgan fingerprint density at radius 2 is 2.00 bits per heavy atom. The monoisotopic (exact) mass is 200 g/mol. The van der Waals surface area contributed by atoms with E-state index in [1.807, 2.05) is 27.7 Å². The van der Waals surface area contributed by atoms with Gasteiger partial charge in [-0.2, -0.15) is 0 Å². The van der Waals surface area contributed by atoms with Gasteiger partial charge in [0.1, 0.15) is 12.7 Å². The zero-order chi connectivity index (χ0) is 11.0. The van der Waals surface area contributed by atoms with Gasteiger partial charge >= 0.3 is 0 Å². The molecule has 0 aromatic carbocycles. The molecular weight excluding hydrogens is 182 g/mol. The Morgan fingerprint density at radius 3 is 2.50 bits per heavy atom. The maximum absolute atomic E-state index is 5.39. The van der Waals surface area contributed by atoms with Gasteiger partial charge in [-0.05, 0) is 19.8 Å². The number of rotatable bonds is 6. The van der Waals surface area contributed by atoms with Crippen LogP contribution in [0.25, 0.3) is 0 Å². The Hall–Kier alpha value is -1.26. The van der Waals surface area contributed by atoms with Crippen molar-refractivity contribution in [3.63, 3.8) is 0 Å². The summed E-state index contributed by atoms with van der Waals surface area (Å²) < 4.78 is 0. The van der Waals surface area contributed by atoms with Gasteiger partial charge in [-0.25, -0.2) is 0 Å². The topological polar surface area (TPSA) is 69.2 Å². The first-order chi connectivity index (χ1) is 6.52. The lowest BCUT2D eigenvalue weighted by atomic mass is 10.2. The van der Waals surface area contributed by atoms with Crippen LogP contribution in [0.3, 0.4) is 0 Å². The van der Waals surface area contributed by atoms with Gasteiger partial charge in [0.2, 0.25) is 0 Å². The quantitative estimate of drug-likeness (QED) is 0.398. The highest BCUT2D eigenvalue weighted by atomic mass is 16.6. The number of amidine groups is 1. The van der Waals surface area contributed by atoms with E-state index in [0.29, 0.717) is 12.5 Å². The molecule has 0 aliphatic rings. The summed E-state index contributed by atoms with van der Waals surface area (Å²) in [7, 11) is 0. The fourth-order valence-electron chi connectivity index (χ4n) is 0.455. The van der Waals surface area contributed by atoms with Crippen LogP contribution in [-0.4, -0.2) is 24.8 Å². The average molecular weight is 200 g/mol. The van der Waals surface area contributed by atoms with Gasteiger partial charge < -0.3 is 15.4 Å². The fraction of sp³-hybridized carbons (Fsp3) is 0.778. The van der Waals surface area contributed by atoms with Crippen LogP contribution in [0, 0.1) is 5.92 Å². The Balaban J connectivity index is 3.71. The van der Waals surface area contributed by atoms with Gasteiger partial charge in [-0.3, -0.25) is 0 Å². The third-order valence-electron chi connectivity index (χ3n) is 0.994. The van der Waals surface area contributed by atoms with Crippen molar-refractivity contribution < 1.29 is 9.68 Å². The zero-order valence-electron chi connectivity index (χ0n) is 9.15. The molecule has 0 saturated heterocycles. The second-order valence-electron chi connectivity index (χ2n) is 3.52. The number of nitrogens with two attached hydrogens (primary N) is 1. The molecule has 0 aliphatic heterocycles. The molecule has 0 aromatic rings. The van der Waals surface area contributed by atoms with Gasteiger partial charge in [0.25, 0.3) is 0 Å². The molecule has 0 aromatic heterocycles. The number of oxime groups is 1. The standard InChI is InChI=1S/C9H18N3O2/c1-7(2)6-13-12-9(10)5-11-14-8(3)4/h7-8H,6H2,1-4H3,(H2,10,12). The molecule has 14 heavy (non-hydrogen) atoms. The van der Waals surface area contributed by atoms with Crippen molar-refractivity contribution in [3.05, 3.63) is 0 Å². The van der Waals surface area contributed by atoms with Crippen molar-refractivity contribution in [3.8, 4) is 0 Å². The van der Waals surface area contributed by atoms with Crippen molar-refractivity contribution in [1.29, 1.82) is 0 Å². The van der Waals surface area contributed by atoms with Crippen molar-refractivity contribution in [2.75, 3.05) is 6.61 Å². The minimum Gasteiger partial charge on any atom is -0.394 e. The van der Waals surface area contributed by atoms with E-state index in [2.05, 4.69) is 16.5 Å². The maximum atomic E-state index is 5.39. The van der Waals surface area contributed by atoms with Gasteiger partial charge in [-0.1, -0.05) is 24.2 Å². The van der Waals surface area contributed by atoms with E-state index in [-0.39, 0.29) is 11.9 Å². The largest absolute Gasteiger partial charge is 0.394 e. The lowest BCUT2D eigenvalue weighted by molar-refractivity contribution is 0.0874. The molecule has 5 nitrogen and oxygen atoms in total. The third-order valence-corrected chi connectivity index (χ3v) is 0.994. The molecule has 2 N–H and O–H groups in total.